The van der Waals surface area contributed by atoms with E-state index < -0.39 is 23.1 Å². The number of amides is 1. The van der Waals surface area contributed by atoms with E-state index in [-0.39, 0.29) is 11.6 Å². The van der Waals surface area contributed by atoms with Gasteiger partial charge in [-0.05, 0) is 61.1 Å². The summed E-state index contributed by atoms with van der Waals surface area (Å²) in [5.41, 5.74) is 1.06. The number of hydrogen-bond donors (Lipinski definition) is 0. The highest BCUT2D eigenvalue weighted by Gasteiger charge is 2.49. The Bertz CT molecular complexity index is 986. The molecule has 2 aromatic carbocycles. The molecule has 0 N–H and O–H groups in total. The molecule has 1 atom stereocenters. The van der Waals surface area contributed by atoms with E-state index in [1.165, 1.54) is 24.1 Å². The van der Waals surface area contributed by atoms with Crippen molar-refractivity contribution in [3.63, 3.8) is 0 Å². The van der Waals surface area contributed by atoms with Crippen LogP contribution in [0.4, 0.5) is 18.9 Å². The molecule has 152 valence electrons. The smallest absolute Gasteiger partial charge is 0.416 e. The fourth-order valence-electron chi connectivity index (χ4n) is 4.49. The standard InChI is InChI=1S/C22H20F3NO3/c1-29-19(27)17-7-2-4-14-8-9-21(13-18(14)17)10-11-26(20(21)28)16-6-3-5-15(12-16)22(23,24)25/h2-7,12H,8-11,13H2,1H3. The first-order chi connectivity index (χ1) is 13.7. The maximum absolute atomic E-state index is 13.3. The Hall–Kier alpha value is -2.83. The second kappa shape index (κ2) is 6.90. The molecule has 1 heterocycles. The number of ether oxygens (including phenoxy) is 1. The molecule has 2 aliphatic rings. The van der Waals surface area contributed by atoms with E-state index in [0.29, 0.717) is 37.8 Å². The van der Waals surface area contributed by atoms with Gasteiger partial charge >= 0.3 is 12.1 Å². The van der Waals surface area contributed by atoms with Crippen LogP contribution in [0.2, 0.25) is 0 Å². The van der Waals surface area contributed by atoms with Crippen molar-refractivity contribution < 1.29 is 27.5 Å². The fraction of sp³-hybridized carbons (Fsp3) is 0.364. The predicted octanol–water partition coefficient (Wildman–Crippen LogP) is 4.40. The van der Waals surface area contributed by atoms with Gasteiger partial charge in [0.25, 0.3) is 0 Å². The number of aryl methyl sites for hydroxylation is 1. The van der Waals surface area contributed by atoms with Gasteiger partial charge in [-0.1, -0.05) is 18.2 Å². The molecule has 0 aromatic heterocycles. The van der Waals surface area contributed by atoms with Crippen LogP contribution in [0.1, 0.15) is 39.9 Å². The highest BCUT2D eigenvalue weighted by Crippen LogP contribution is 2.46. The molecule has 0 bridgehead atoms. The zero-order chi connectivity index (χ0) is 20.8. The second-order valence-electron chi connectivity index (χ2n) is 7.65. The molecule has 4 rings (SSSR count). The molecule has 1 aliphatic heterocycles. The van der Waals surface area contributed by atoms with Crippen molar-refractivity contribution in [1.82, 2.24) is 0 Å². The van der Waals surface area contributed by atoms with Crippen LogP contribution in [0.25, 0.3) is 0 Å². The zero-order valence-corrected chi connectivity index (χ0v) is 15.9. The van der Waals surface area contributed by atoms with Crippen molar-refractivity contribution in [1.29, 1.82) is 0 Å². The predicted molar refractivity (Wildman–Crippen MR) is 101 cm³/mol. The summed E-state index contributed by atoms with van der Waals surface area (Å²) in [6, 6.07) is 10.3. The number of halogens is 3. The molecular formula is C22H20F3NO3. The van der Waals surface area contributed by atoms with E-state index in [1.54, 1.807) is 12.1 Å². The van der Waals surface area contributed by atoms with Crippen molar-refractivity contribution in [3.05, 3.63) is 64.7 Å². The highest BCUT2D eigenvalue weighted by atomic mass is 19.4. The minimum atomic E-state index is -4.46. The van der Waals surface area contributed by atoms with Crippen LogP contribution in [0.3, 0.4) is 0 Å². The number of nitrogens with zero attached hydrogens (tertiary/aromatic N) is 1. The van der Waals surface area contributed by atoms with Crippen LogP contribution >= 0.6 is 0 Å². The lowest BCUT2D eigenvalue weighted by atomic mass is 9.69. The number of carbonyl (C=O) groups is 2. The number of rotatable bonds is 2. The summed E-state index contributed by atoms with van der Waals surface area (Å²) in [4.78, 5) is 26.9. The molecule has 4 nitrogen and oxygen atoms in total. The van der Waals surface area contributed by atoms with Gasteiger partial charge in [-0.15, -0.1) is 0 Å². The van der Waals surface area contributed by atoms with E-state index in [0.717, 1.165) is 23.3 Å². The molecule has 1 unspecified atom stereocenters. The van der Waals surface area contributed by atoms with E-state index in [9.17, 15) is 22.8 Å². The molecule has 1 spiro atoms. The number of anilines is 1. The monoisotopic (exact) mass is 403 g/mol. The molecule has 29 heavy (non-hydrogen) atoms. The molecule has 1 aliphatic carbocycles. The number of alkyl halides is 3. The fourth-order valence-corrected chi connectivity index (χ4v) is 4.49. The van der Waals surface area contributed by atoms with Gasteiger partial charge in [-0.25, -0.2) is 4.79 Å². The van der Waals surface area contributed by atoms with Gasteiger partial charge in [-0.2, -0.15) is 13.2 Å². The van der Waals surface area contributed by atoms with E-state index in [1.807, 2.05) is 6.07 Å². The number of carbonyl (C=O) groups excluding carboxylic acids is 2. The average Bonchev–Trinajstić information content (AvgIpc) is 3.02. The van der Waals surface area contributed by atoms with Gasteiger partial charge in [0.1, 0.15) is 0 Å². The molecule has 7 heteroatoms. The quantitative estimate of drug-likeness (QED) is 0.698. The second-order valence-corrected chi connectivity index (χ2v) is 7.65. The minimum absolute atomic E-state index is 0.179. The summed E-state index contributed by atoms with van der Waals surface area (Å²) in [5.74, 6) is -0.624. The molecule has 0 radical (unpaired) electrons. The van der Waals surface area contributed by atoms with Gasteiger partial charge in [0.2, 0.25) is 5.91 Å². The third-order valence-corrected chi connectivity index (χ3v) is 6.06. The van der Waals surface area contributed by atoms with E-state index in [4.69, 9.17) is 4.74 Å². The Balaban J connectivity index is 1.66. The molecule has 1 saturated heterocycles. The Labute approximate surface area is 166 Å². The topological polar surface area (TPSA) is 46.6 Å². The van der Waals surface area contributed by atoms with Crippen LogP contribution in [0.5, 0.6) is 0 Å². The minimum Gasteiger partial charge on any atom is -0.465 e. The maximum atomic E-state index is 13.3. The lowest BCUT2D eigenvalue weighted by molar-refractivity contribution is -0.137. The Kier molecular flexibility index (Phi) is 4.63. The summed E-state index contributed by atoms with van der Waals surface area (Å²) in [7, 11) is 1.32. The SMILES string of the molecule is COC(=O)c1cccc2c1CC1(CC2)CCN(c2cccc(C(F)(F)F)c2)C1=O. The Morgan fingerprint density at radius 3 is 2.62 bits per heavy atom. The number of benzene rings is 2. The largest absolute Gasteiger partial charge is 0.465 e. The molecular weight excluding hydrogens is 383 g/mol. The first-order valence-electron chi connectivity index (χ1n) is 9.43. The lowest BCUT2D eigenvalue weighted by Gasteiger charge is -2.34. The van der Waals surface area contributed by atoms with Gasteiger partial charge in [0, 0.05) is 12.2 Å². The zero-order valence-electron chi connectivity index (χ0n) is 15.9. The molecule has 0 saturated carbocycles. The van der Waals surface area contributed by atoms with Crippen LogP contribution < -0.4 is 4.90 Å². The summed E-state index contributed by atoms with van der Waals surface area (Å²) in [6.45, 7) is 0.357. The Morgan fingerprint density at radius 1 is 1.14 bits per heavy atom. The lowest BCUT2D eigenvalue weighted by Crippen LogP contribution is -2.39. The van der Waals surface area contributed by atoms with Crippen molar-refractivity contribution in [2.45, 2.75) is 31.9 Å². The maximum Gasteiger partial charge on any atom is 0.416 e. The summed E-state index contributed by atoms with van der Waals surface area (Å²) in [6.07, 6.45) is -2.28. The van der Waals surface area contributed by atoms with Crippen LogP contribution in [0.15, 0.2) is 42.5 Å². The van der Waals surface area contributed by atoms with Crippen molar-refractivity contribution in [2.75, 3.05) is 18.6 Å². The molecule has 2 aromatic rings. The average molecular weight is 403 g/mol. The van der Waals surface area contributed by atoms with Crippen molar-refractivity contribution >= 4 is 17.6 Å². The van der Waals surface area contributed by atoms with Crippen LogP contribution in [0, 0.1) is 5.41 Å². The number of methoxy groups -OCH3 is 1. The number of esters is 1. The van der Waals surface area contributed by atoms with E-state index >= 15 is 0 Å². The molecule has 1 fully saturated rings. The van der Waals surface area contributed by atoms with Crippen LogP contribution in [-0.4, -0.2) is 25.5 Å². The highest BCUT2D eigenvalue weighted by molar-refractivity contribution is 6.01. The number of fused-ring (bicyclic) bond motifs is 1. The van der Waals surface area contributed by atoms with Crippen molar-refractivity contribution in [2.24, 2.45) is 5.41 Å². The van der Waals surface area contributed by atoms with Gasteiger partial charge in [-0.3, -0.25) is 4.79 Å². The van der Waals surface area contributed by atoms with Gasteiger partial charge in [0.05, 0.1) is 23.7 Å². The summed E-state index contributed by atoms with van der Waals surface area (Å²) >= 11 is 0. The van der Waals surface area contributed by atoms with Crippen molar-refractivity contribution in [3.8, 4) is 0 Å². The van der Waals surface area contributed by atoms with E-state index in [2.05, 4.69) is 0 Å². The van der Waals surface area contributed by atoms with Gasteiger partial charge < -0.3 is 9.64 Å². The third kappa shape index (κ3) is 3.28. The van der Waals surface area contributed by atoms with Crippen LogP contribution in [-0.2, 0) is 28.5 Å². The normalized spacial score (nSPS) is 21.4. The van der Waals surface area contributed by atoms with Gasteiger partial charge in [0.15, 0.2) is 0 Å². The molecule has 1 amide bonds. The summed E-state index contributed by atoms with van der Waals surface area (Å²) in [5, 5.41) is 0. The first kappa shape index (κ1) is 19.5. The Morgan fingerprint density at radius 2 is 1.90 bits per heavy atom. The first-order valence-corrected chi connectivity index (χ1v) is 9.43. The number of hydrogen-bond acceptors (Lipinski definition) is 3. The third-order valence-electron chi connectivity index (χ3n) is 6.06. The summed E-state index contributed by atoms with van der Waals surface area (Å²) < 4.78 is 44.1.